The molecule has 38 heavy (non-hydrogen) atoms. The van der Waals surface area contributed by atoms with Gasteiger partial charge in [-0.1, -0.05) is 50.3 Å². The highest BCUT2D eigenvalue weighted by Crippen LogP contribution is 2.35. The number of halogens is 3. The molecule has 210 valence electrons. The Hall–Kier alpha value is -2.27. The third kappa shape index (κ3) is 6.65. The molecule has 10 heteroatoms. The summed E-state index contributed by atoms with van der Waals surface area (Å²) in [6.07, 6.45) is -2.24. The fourth-order valence-corrected chi connectivity index (χ4v) is 5.72. The van der Waals surface area contributed by atoms with Crippen molar-refractivity contribution >= 4 is 11.7 Å². The first-order valence-corrected chi connectivity index (χ1v) is 13.6. The first-order valence-electron chi connectivity index (χ1n) is 13.6. The number of aliphatic hydroxyl groups is 1. The van der Waals surface area contributed by atoms with Crippen molar-refractivity contribution in [1.82, 2.24) is 14.7 Å². The maximum Gasteiger partial charge on any atom is 0.433 e. The van der Waals surface area contributed by atoms with E-state index in [-0.39, 0.29) is 30.5 Å². The Balaban J connectivity index is 1.51. The molecular formula is C28H39F3N4O3. The van der Waals surface area contributed by atoms with Gasteiger partial charge >= 0.3 is 6.18 Å². The number of carbonyl (C=O) groups excluding carboxylic acids is 1. The highest BCUT2D eigenvalue weighted by Gasteiger charge is 2.44. The van der Waals surface area contributed by atoms with Crippen LogP contribution in [0.4, 0.5) is 13.2 Å². The number of rotatable bonds is 7. The van der Waals surface area contributed by atoms with Crippen molar-refractivity contribution in [1.29, 1.82) is 0 Å². The maximum absolute atomic E-state index is 13.5. The first-order chi connectivity index (χ1) is 18.1. The molecule has 1 amide bonds. The van der Waals surface area contributed by atoms with E-state index in [1.54, 1.807) is 6.92 Å². The fourth-order valence-electron chi connectivity index (χ4n) is 5.72. The van der Waals surface area contributed by atoms with Crippen molar-refractivity contribution < 1.29 is 27.8 Å². The van der Waals surface area contributed by atoms with Crippen molar-refractivity contribution in [3.05, 3.63) is 47.7 Å². The van der Waals surface area contributed by atoms with E-state index in [0.29, 0.717) is 39.1 Å². The topological polar surface area (TPSA) is 68.6 Å². The van der Waals surface area contributed by atoms with E-state index in [1.807, 2.05) is 37.3 Å². The highest BCUT2D eigenvalue weighted by molar-refractivity contribution is 6.00. The Bertz CT molecular complexity index is 1000. The predicted molar refractivity (Wildman–Crippen MR) is 140 cm³/mol. The van der Waals surface area contributed by atoms with Crippen LogP contribution in [0.25, 0.3) is 0 Å². The lowest BCUT2D eigenvalue weighted by atomic mass is 9.85. The lowest BCUT2D eigenvalue weighted by Crippen LogP contribution is -2.64. The number of ether oxygens (including phenoxy) is 1. The Kier molecular flexibility index (Phi) is 9.28. The van der Waals surface area contributed by atoms with Crippen LogP contribution in [-0.2, 0) is 9.53 Å². The second kappa shape index (κ2) is 12.3. The van der Waals surface area contributed by atoms with Gasteiger partial charge in [0.05, 0.1) is 6.10 Å². The molecule has 1 N–H and O–H groups in total. The quantitative estimate of drug-likeness (QED) is 0.571. The number of piperazine rings is 1. The standard InChI is InChI=1S/C28H39F3N4O3/c1-3-25(37)35(26-21(2)9-10-24(32-26)28(29,30)31)20-27(11-17-38-18-12-27)34-15-13-33(14-16-34)19-23(36)22-7-5-4-6-8-22/h4-8,10,21,23,36H,3,9,11-20H2,1-2H3. The number of carbonyl (C=O) groups is 1. The monoisotopic (exact) mass is 536 g/mol. The molecule has 0 aromatic heterocycles. The van der Waals surface area contributed by atoms with Gasteiger partial charge < -0.3 is 9.84 Å². The number of benzene rings is 1. The Morgan fingerprint density at radius 2 is 1.84 bits per heavy atom. The molecule has 1 aromatic carbocycles. The fraction of sp³-hybridized carbons (Fsp3) is 0.643. The SMILES string of the molecule is CCC(=O)N(CC1(N2CCN(CC(O)c3ccccc3)CC2)CCOCC1)C1=NC(C(F)(F)F)=CCC1C. The zero-order chi connectivity index (χ0) is 27.3. The largest absolute Gasteiger partial charge is 0.433 e. The van der Waals surface area contributed by atoms with E-state index in [2.05, 4.69) is 14.8 Å². The zero-order valence-electron chi connectivity index (χ0n) is 22.3. The molecule has 0 bridgehead atoms. The number of nitrogens with zero attached hydrogens (tertiary/aromatic N) is 4. The molecule has 3 heterocycles. The molecule has 0 aliphatic carbocycles. The third-order valence-electron chi connectivity index (χ3n) is 8.05. The van der Waals surface area contributed by atoms with E-state index in [1.165, 1.54) is 4.90 Å². The van der Waals surface area contributed by atoms with Gasteiger partial charge in [-0.15, -0.1) is 0 Å². The Labute approximate surface area is 222 Å². The van der Waals surface area contributed by atoms with Crippen molar-refractivity contribution in [2.24, 2.45) is 10.9 Å². The molecule has 1 aromatic rings. The van der Waals surface area contributed by atoms with Gasteiger partial charge in [0.25, 0.3) is 0 Å². The van der Waals surface area contributed by atoms with Crippen LogP contribution < -0.4 is 0 Å². The average Bonchev–Trinajstić information content (AvgIpc) is 2.92. The van der Waals surface area contributed by atoms with Crippen LogP contribution in [0.5, 0.6) is 0 Å². The molecule has 7 nitrogen and oxygen atoms in total. The summed E-state index contributed by atoms with van der Waals surface area (Å²) in [5.41, 5.74) is -0.444. The van der Waals surface area contributed by atoms with Crippen LogP contribution in [0.15, 0.2) is 47.1 Å². The summed E-state index contributed by atoms with van der Waals surface area (Å²) in [7, 11) is 0. The number of aliphatic hydroxyl groups excluding tert-OH is 1. The van der Waals surface area contributed by atoms with Gasteiger partial charge in [0.15, 0.2) is 0 Å². The van der Waals surface area contributed by atoms with Crippen LogP contribution in [-0.4, -0.2) is 95.7 Å². The summed E-state index contributed by atoms with van der Waals surface area (Å²) in [5, 5.41) is 10.7. The van der Waals surface area contributed by atoms with Gasteiger partial charge in [-0.05, 0) is 24.8 Å². The summed E-state index contributed by atoms with van der Waals surface area (Å²) >= 11 is 0. The van der Waals surface area contributed by atoms with Gasteiger partial charge in [-0.25, -0.2) is 4.99 Å². The second-order valence-corrected chi connectivity index (χ2v) is 10.6. The van der Waals surface area contributed by atoms with Crippen LogP contribution in [0.1, 0.15) is 51.2 Å². The van der Waals surface area contributed by atoms with Crippen molar-refractivity contribution in [3.8, 4) is 0 Å². The van der Waals surface area contributed by atoms with E-state index in [9.17, 15) is 23.1 Å². The first kappa shape index (κ1) is 28.7. The lowest BCUT2D eigenvalue weighted by Gasteiger charge is -2.51. The molecule has 0 radical (unpaired) electrons. The number of hydrogen-bond acceptors (Lipinski definition) is 6. The number of allylic oxidation sites excluding steroid dienone is 2. The summed E-state index contributed by atoms with van der Waals surface area (Å²) in [6.45, 7) is 8.46. The second-order valence-electron chi connectivity index (χ2n) is 10.6. The molecular weight excluding hydrogens is 497 g/mol. The number of hydrogen-bond donors (Lipinski definition) is 1. The van der Waals surface area contributed by atoms with Crippen LogP contribution in [0, 0.1) is 5.92 Å². The summed E-state index contributed by atoms with van der Waals surface area (Å²) in [5.74, 6) is -0.290. The lowest BCUT2D eigenvalue weighted by molar-refractivity contribution is -0.131. The molecule has 3 aliphatic heterocycles. The summed E-state index contributed by atoms with van der Waals surface area (Å²) in [6, 6.07) is 9.60. The Morgan fingerprint density at radius 1 is 1.18 bits per heavy atom. The third-order valence-corrected chi connectivity index (χ3v) is 8.05. The van der Waals surface area contributed by atoms with E-state index in [0.717, 1.165) is 37.8 Å². The number of amides is 1. The molecule has 0 saturated carbocycles. The molecule has 2 fully saturated rings. The van der Waals surface area contributed by atoms with Crippen LogP contribution in [0.3, 0.4) is 0 Å². The normalized spacial score (nSPS) is 23.9. The minimum atomic E-state index is -4.55. The number of β-amino-alcohol motifs (C(OH)–C–C–N with tert-alkyl or cyclic N) is 1. The molecule has 2 unspecified atom stereocenters. The zero-order valence-corrected chi connectivity index (χ0v) is 22.3. The molecule has 3 aliphatic rings. The minimum Gasteiger partial charge on any atom is -0.387 e. The molecule has 0 spiro atoms. The van der Waals surface area contributed by atoms with Gasteiger partial charge in [0.1, 0.15) is 11.5 Å². The Morgan fingerprint density at radius 3 is 2.45 bits per heavy atom. The summed E-state index contributed by atoms with van der Waals surface area (Å²) < 4.78 is 46.2. The smallest absolute Gasteiger partial charge is 0.387 e. The molecule has 2 atom stereocenters. The van der Waals surface area contributed by atoms with Crippen LogP contribution >= 0.6 is 0 Å². The predicted octanol–water partition coefficient (Wildman–Crippen LogP) is 4.01. The van der Waals surface area contributed by atoms with Gasteiger partial charge in [0, 0.05) is 70.4 Å². The van der Waals surface area contributed by atoms with Gasteiger partial charge in [-0.2, -0.15) is 13.2 Å². The molecule has 4 rings (SSSR count). The maximum atomic E-state index is 13.5. The number of alkyl halides is 3. The average molecular weight is 537 g/mol. The van der Waals surface area contributed by atoms with E-state index < -0.39 is 23.5 Å². The summed E-state index contributed by atoms with van der Waals surface area (Å²) in [4.78, 5) is 23.3. The van der Waals surface area contributed by atoms with E-state index in [4.69, 9.17) is 4.74 Å². The van der Waals surface area contributed by atoms with Gasteiger partial charge in [0.2, 0.25) is 5.91 Å². The van der Waals surface area contributed by atoms with Gasteiger partial charge in [-0.3, -0.25) is 19.5 Å². The van der Waals surface area contributed by atoms with Crippen molar-refractivity contribution in [2.45, 2.75) is 57.3 Å². The van der Waals surface area contributed by atoms with E-state index >= 15 is 0 Å². The molecule has 2 saturated heterocycles. The number of aliphatic imine (C=N–C) groups is 1. The van der Waals surface area contributed by atoms with Crippen molar-refractivity contribution in [3.63, 3.8) is 0 Å². The number of amidine groups is 1. The van der Waals surface area contributed by atoms with Crippen molar-refractivity contribution in [2.75, 3.05) is 52.5 Å². The minimum absolute atomic E-state index is 0.189. The highest BCUT2D eigenvalue weighted by atomic mass is 19.4. The van der Waals surface area contributed by atoms with Crippen LogP contribution in [0.2, 0.25) is 0 Å².